The Labute approximate surface area is 72.8 Å². The average Bonchev–Trinajstić information content (AvgIpc) is 2.03. The van der Waals surface area contributed by atoms with Crippen LogP contribution in [0.2, 0.25) is 0 Å². The van der Waals surface area contributed by atoms with Crippen molar-refractivity contribution in [3.05, 3.63) is 29.8 Å². The number of rotatable bonds is 3. The first-order valence-corrected chi connectivity index (χ1v) is 4.16. The summed E-state index contributed by atoms with van der Waals surface area (Å²) in [6.07, 6.45) is 0.244. The Morgan fingerprint density at radius 1 is 1.50 bits per heavy atom. The number of hydrogen-bond acceptors (Lipinski definition) is 2. The zero-order valence-corrected chi connectivity index (χ0v) is 7.45. The quantitative estimate of drug-likeness (QED) is 0.695. The van der Waals surface area contributed by atoms with Gasteiger partial charge in [0.25, 0.3) is 0 Å². The lowest BCUT2D eigenvalue weighted by atomic mass is 10.2. The number of aliphatic hydroxyl groups excluding tert-OH is 1. The van der Waals surface area contributed by atoms with Gasteiger partial charge in [-0.15, -0.1) is 0 Å². The van der Waals surface area contributed by atoms with Gasteiger partial charge in [0.05, 0.1) is 0 Å². The van der Waals surface area contributed by atoms with Gasteiger partial charge in [0.1, 0.15) is 5.75 Å². The fourth-order valence-electron chi connectivity index (χ4n) is 1.04. The summed E-state index contributed by atoms with van der Waals surface area (Å²) in [5, 5.41) is 8.95. The molecule has 1 rings (SSSR count). The first-order chi connectivity index (χ1) is 5.72. The van der Waals surface area contributed by atoms with Gasteiger partial charge in [-0.05, 0) is 31.0 Å². The van der Waals surface area contributed by atoms with Crippen molar-refractivity contribution < 1.29 is 9.84 Å². The fourth-order valence-corrected chi connectivity index (χ4v) is 1.04. The zero-order valence-electron chi connectivity index (χ0n) is 7.45. The van der Waals surface area contributed by atoms with Gasteiger partial charge in [-0.1, -0.05) is 19.1 Å². The molecule has 66 valence electrons. The van der Waals surface area contributed by atoms with E-state index in [0.717, 1.165) is 12.2 Å². The lowest BCUT2D eigenvalue weighted by Gasteiger charge is -2.08. The molecule has 0 spiro atoms. The summed E-state index contributed by atoms with van der Waals surface area (Å²) in [6, 6.07) is 7.74. The average molecular weight is 166 g/mol. The van der Waals surface area contributed by atoms with Crippen LogP contribution in [0.3, 0.4) is 0 Å². The van der Waals surface area contributed by atoms with Crippen molar-refractivity contribution in [2.45, 2.75) is 26.6 Å². The Bertz CT molecular complexity index is 243. The molecule has 1 unspecified atom stereocenters. The molecule has 0 aromatic heterocycles. The Morgan fingerprint density at radius 2 is 2.25 bits per heavy atom. The number of hydrogen-bond donors (Lipinski definition) is 1. The number of benzene rings is 1. The van der Waals surface area contributed by atoms with Gasteiger partial charge in [-0.2, -0.15) is 0 Å². The van der Waals surface area contributed by atoms with E-state index in [-0.39, 0.29) is 0 Å². The summed E-state index contributed by atoms with van der Waals surface area (Å²) in [5.41, 5.74) is 1.22. The molecule has 2 nitrogen and oxygen atoms in total. The second kappa shape index (κ2) is 4.12. The van der Waals surface area contributed by atoms with Crippen LogP contribution >= 0.6 is 0 Å². The Balaban J connectivity index is 2.72. The summed E-state index contributed by atoms with van der Waals surface area (Å²) in [7, 11) is 0. The van der Waals surface area contributed by atoms with Gasteiger partial charge in [-0.25, -0.2) is 0 Å². The highest BCUT2D eigenvalue weighted by Crippen LogP contribution is 2.14. The lowest BCUT2D eigenvalue weighted by molar-refractivity contribution is -0.000331. The van der Waals surface area contributed by atoms with E-state index >= 15 is 0 Å². The Kier molecular flexibility index (Phi) is 3.11. The molecule has 0 saturated carbocycles. The van der Waals surface area contributed by atoms with E-state index in [2.05, 4.69) is 6.92 Å². The third kappa shape index (κ3) is 2.55. The summed E-state index contributed by atoms with van der Waals surface area (Å²) in [6.45, 7) is 3.68. The minimum Gasteiger partial charge on any atom is -0.465 e. The molecule has 0 aliphatic carbocycles. The maximum absolute atomic E-state index is 8.95. The zero-order chi connectivity index (χ0) is 8.97. The molecule has 0 amide bonds. The summed E-state index contributed by atoms with van der Waals surface area (Å²) >= 11 is 0. The molecule has 12 heavy (non-hydrogen) atoms. The Hall–Kier alpha value is -1.02. The topological polar surface area (TPSA) is 29.5 Å². The predicted molar refractivity (Wildman–Crippen MR) is 48.1 cm³/mol. The minimum absolute atomic E-state index is 0.726. The van der Waals surface area contributed by atoms with E-state index in [9.17, 15) is 0 Å². The molecule has 2 heteroatoms. The molecule has 1 N–H and O–H groups in total. The van der Waals surface area contributed by atoms with Crippen LogP contribution in [-0.2, 0) is 6.42 Å². The molecule has 0 aliphatic heterocycles. The number of aryl methyl sites for hydroxylation is 1. The normalized spacial score (nSPS) is 12.6. The van der Waals surface area contributed by atoms with E-state index in [4.69, 9.17) is 9.84 Å². The van der Waals surface area contributed by atoms with E-state index in [1.54, 1.807) is 6.92 Å². The third-order valence-corrected chi connectivity index (χ3v) is 1.61. The van der Waals surface area contributed by atoms with Gasteiger partial charge in [0, 0.05) is 0 Å². The van der Waals surface area contributed by atoms with Crippen molar-refractivity contribution in [1.29, 1.82) is 0 Å². The third-order valence-electron chi connectivity index (χ3n) is 1.61. The minimum atomic E-state index is -0.739. The molecule has 1 aromatic rings. The SMILES string of the molecule is CCc1cccc(OC(C)O)c1. The summed E-state index contributed by atoms with van der Waals surface area (Å²) < 4.78 is 5.11. The van der Waals surface area contributed by atoms with E-state index < -0.39 is 6.29 Å². The first kappa shape index (κ1) is 9.07. The van der Waals surface area contributed by atoms with Gasteiger partial charge in [0.2, 0.25) is 0 Å². The van der Waals surface area contributed by atoms with Crippen molar-refractivity contribution in [1.82, 2.24) is 0 Å². The smallest absolute Gasteiger partial charge is 0.194 e. The van der Waals surface area contributed by atoms with Crippen molar-refractivity contribution in [2.24, 2.45) is 0 Å². The van der Waals surface area contributed by atoms with Crippen LogP contribution in [0, 0.1) is 0 Å². The lowest BCUT2D eigenvalue weighted by Crippen LogP contribution is -2.09. The van der Waals surface area contributed by atoms with Crippen molar-refractivity contribution in [2.75, 3.05) is 0 Å². The van der Waals surface area contributed by atoms with Gasteiger partial charge < -0.3 is 9.84 Å². The van der Waals surface area contributed by atoms with Crippen LogP contribution in [0.4, 0.5) is 0 Å². The van der Waals surface area contributed by atoms with Crippen LogP contribution in [0.5, 0.6) is 5.75 Å². The van der Waals surface area contributed by atoms with E-state index in [1.165, 1.54) is 5.56 Å². The predicted octanol–water partition coefficient (Wildman–Crippen LogP) is 1.97. The van der Waals surface area contributed by atoms with Crippen LogP contribution in [0.1, 0.15) is 19.4 Å². The summed E-state index contributed by atoms with van der Waals surface area (Å²) in [5.74, 6) is 0.726. The molecule has 0 radical (unpaired) electrons. The van der Waals surface area contributed by atoms with Gasteiger partial charge in [-0.3, -0.25) is 0 Å². The largest absolute Gasteiger partial charge is 0.465 e. The molecule has 1 atom stereocenters. The number of aliphatic hydroxyl groups is 1. The summed E-state index contributed by atoms with van der Waals surface area (Å²) in [4.78, 5) is 0. The van der Waals surface area contributed by atoms with Gasteiger partial charge >= 0.3 is 0 Å². The Morgan fingerprint density at radius 3 is 2.83 bits per heavy atom. The molecule has 0 fully saturated rings. The fraction of sp³-hybridized carbons (Fsp3) is 0.400. The van der Waals surface area contributed by atoms with Gasteiger partial charge in [0.15, 0.2) is 6.29 Å². The molecule has 0 heterocycles. The second-order valence-corrected chi connectivity index (χ2v) is 2.72. The highest BCUT2D eigenvalue weighted by molar-refractivity contribution is 5.28. The van der Waals surface area contributed by atoms with Crippen LogP contribution in [0.15, 0.2) is 24.3 Å². The highest BCUT2D eigenvalue weighted by atomic mass is 16.6. The molecular formula is C10H14O2. The van der Waals surface area contributed by atoms with Crippen LogP contribution < -0.4 is 4.74 Å². The first-order valence-electron chi connectivity index (χ1n) is 4.16. The molecule has 0 bridgehead atoms. The monoisotopic (exact) mass is 166 g/mol. The maximum Gasteiger partial charge on any atom is 0.194 e. The molecular weight excluding hydrogens is 152 g/mol. The highest BCUT2D eigenvalue weighted by Gasteiger charge is 1.98. The van der Waals surface area contributed by atoms with Crippen molar-refractivity contribution >= 4 is 0 Å². The molecule has 0 aliphatic rings. The second-order valence-electron chi connectivity index (χ2n) is 2.72. The standard InChI is InChI=1S/C10H14O2/c1-3-9-5-4-6-10(7-9)12-8(2)11/h4-8,11H,3H2,1-2H3. The van der Waals surface area contributed by atoms with Crippen molar-refractivity contribution in [3.63, 3.8) is 0 Å². The number of ether oxygens (including phenoxy) is 1. The molecule has 0 saturated heterocycles. The maximum atomic E-state index is 8.95. The molecule has 1 aromatic carbocycles. The van der Waals surface area contributed by atoms with Crippen LogP contribution in [-0.4, -0.2) is 11.4 Å². The van der Waals surface area contributed by atoms with E-state index in [0.29, 0.717) is 0 Å². The van der Waals surface area contributed by atoms with Crippen molar-refractivity contribution in [3.8, 4) is 5.75 Å². The van der Waals surface area contributed by atoms with E-state index in [1.807, 2.05) is 24.3 Å². The van der Waals surface area contributed by atoms with Crippen LogP contribution in [0.25, 0.3) is 0 Å².